The van der Waals surface area contributed by atoms with Crippen LogP contribution in [0.2, 0.25) is 5.02 Å². The molecule has 1 aliphatic carbocycles. The summed E-state index contributed by atoms with van der Waals surface area (Å²) in [7, 11) is 0. The van der Waals surface area contributed by atoms with Gasteiger partial charge < -0.3 is 5.32 Å². The number of rotatable bonds is 5. The van der Waals surface area contributed by atoms with Gasteiger partial charge >= 0.3 is 0 Å². The zero-order valence-electron chi connectivity index (χ0n) is 23.2. The first-order valence-electron chi connectivity index (χ1n) is 14.5. The Morgan fingerprint density at radius 2 is 1.43 bits per heavy atom. The van der Waals surface area contributed by atoms with Gasteiger partial charge in [-0.2, -0.15) is 0 Å². The van der Waals surface area contributed by atoms with Crippen LogP contribution in [0, 0.1) is 0 Å². The van der Waals surface area contributed by atoms with Crippen molar-refractivity contribution in [2.75, 3.05) is 0 Å². The Labute approximate surface area is 251 Å². The second kappa shape index (κ2) is 12.6. The molecule has 2 amide bonds. The third-order valence-electron chi connectivity index (χ3n) is 7.88. The number of allylic oxidation sites excluding steroid dienone is 1. The van der Waals surface area contributed by atoms with Gasteiger partial charge in [0.25, 0.3) is 5.91 Å². The zero-order chi connectivity index (χ0) is 28.9. The fourth-order valence-electron chi connectivity index (χ4n) is 5.79. The Morgan fingerprint density at radius 3 is 2.14 bits per heavy atom. The number of carbonyl (C=O) groups is 2. The Kier molecular flexibility index (Phi) is 8.29. The summed E-state index contributed by atoms with van der Waals surface area (Å²) in [4.78, 5) is 35.9. The van der Waals surface area contributed by atoms with Gasteiger partial charge in [0, 0.05) is 27.8 Å². The number of para-hydroxylation sites is 1. The molecule has 0 aromatic heterocycles. The smallest absolute Gasteiger partial charge is 0.259 e. The predicted octanol–water partition coefficient (Wildman–Crippen LogP) is 8.15. The normalized spacial score (nSPS) is 18.1. The van der Waals surface area contributed by atoms with Crippen molar-refractivity contribution in [3.63, 3.8) is 0 Å². The lowest BCUT2D eigenvalue weighted by Crippen LogP contribution is -2.47. The first-order chi connectivity index (χ1) is 20.6. The molecule has 1 unspecified atom stereocenters. The molecule has 0 saturated heterocycles. The number of aliphatic imine (C=N–C) groups is 1. The first-order valence-corrected chi connectivity index (χ1v) is 14.9. The van der Waals surface area contributed by atoms with E-state index >= 15 is 0 Å². The molecule has 0 bridgehead atoms. The van der Waals surface area contributed by atoms with Gasteiger partial charge in [-0.15, -0.1) is 0 Å². The highest BCUT2D eigenvalue weighted by Gasteiger charge is 2.40. The van der Waals surface area contributed by atoms with Crippen molar-refractivity contribution in [3.05, 3.63) is 142 Å². The minimum atomic E-state index is -0.939. The van der Waals surface area contributed by atoms with Crippen LogP contribution in [-0.4, -0.2) is 28.5 Å². The van der Waals surface area contributed by atoms with Crippen LogP contribution in [0.4, 0.5) is 5.69 Å². The minimum Gasteiger partial charge on any atom is -0.351 e. The number of hydrogen-bond acceptors (Lipinski definition) is 3. The Morgan fingerprint density at radius 1 is 0.786 bits per heavy atom. The number of hydrogen-bond donors (Lipinski definition) is 1. The summed E-state index contributed by atoms with van der Waals surface area (Å²) in [6.45, 7) is 0. The largest absolute Gasteiger partial charge is 0.351 e. The molecular weight excluding hydrogens is 542 g/mol. The third-order valence-corrected chi connectivity index (χ3v) is 8.14. The number of halogens is 1. The summed E-state index contributed by atoms with van der Waals surface area (Å²) in [5.74, 6) is -0.516. The van der Waals surface area contributed by atoms with Gasteiger partial charge in [0.2, 0.25) is 5.91 Å². The van der Waals surface area contributed by atoms with Crippen LogP contribution in [-0.2, 0) is 4.79 Å². The monoisotopic (exact) mass is 573 g/mol. The molecule has 1 heterocycles. The summed E-state index contributed by atoms with van der Waals surface area (Å²) < 4.78 is 0. The maximum absolute atomic E-state index is 14.7. The predicted molar refractivity (Wildman–Crippen MR) is 169 cm³/mol. The fraction of sp³-hybridized carbons (Fsp3) is 0.194. The van der Waals surface area contributed by atoms with Crippen LogP contribution >= 0.6 is 11.6 Å². The molecule has 1 saturated carbocycles. The highest BCUT2D eigenvalue weighted by molar-refractivity contribution is 6.30. The first kappa shape index (κ1) is 27.7. The molecule has 4 aromatic rings. The Hall–Kier alpha value is -4.48. The minimum absolute atomic E-state index is 0.0743. The van der Waals surface area contributed by atoms with E-state index < -0.39 is 6.04 Å². The number of amides is 2. The van der Waals surface area contributed by atoms with E-state index in [0.717, 1.165) is 36.8 Å². The number of nitrogens with zero attached hydrogens (tertiary/aromatic N) is 2. The molecule has 210 valence electrons. The van der Waals surface area contributed by atoms with E-state index in [0.29, 0.717) is 33.2 Å². The molecule has 0 radical (unpaired) electrons. The summed E-state index contributed by atoms with van der Waals surface area (Å²) >= 11 is 6.20. The summed E-state index contributed by atoms with van der Waals surface area (Å²) in [5.41, 5.74) is 4.66. The van der Waals surface area contributed by atoms with Crippen LogP contribution < -0.4 is 5.32 Å². The van der Waals surface area contributed by atoms with Crippen molar-refractivity contribution in [2.24, 2.45) is 4.99 Å². The molecule has 1 N–H and O–H groups in total. The van der Waals surface area contributed by atoms with E-state index in [4.69, 9.17) is 16.6 Å². The average Bonchev–Trinajstić information content (AvgIpc) is 3.17. The Bertz CT molecular complexity index is 1630. The summed E-state index contributed by atoms with van der Waals surface area (Å²) in [5, 5.41) is 3.84. The van der Waals surface area contributed by atoms with Gasteiger partial charge in [0.05, 0.1) is 17.1 Å². The fourth-order valence-corrected chi connectivity index (χ4v) is 5.91. The van der Waals surface area contributed by atoms with Crippen molar-refractivity contribution >= 4 is 40.9 Å². The molecule has 2 aliphatic rings. The standard InChI is InChI=1S/C36H32ClN3O2/c37-28-22-20-27(21-23-28)36(42)40-32(24-25-12-4-1-5-13-25)33(26-14-6-2-7-15-26)39-31-19-11-10-18-30(31)34(40)35(41)38-29-16-8-3-9-17-29/h1-2,4-7,10-15,18-24,29,34H,3,8-9,16-17H2,(H,38,41)/b32-24-. The van der Waals surface area contributed by atoms with Gasteiger partial charge in [0.1, 0.15) is 6.04 Å². The van der Waals surface area contributed by atoms with E-state index in [1.165, 1.54) is 6.42 Å². The van der Waals surface area contributed by atoms with Crippen LogP contribution in [0.15, 0.2) is 120 Å². The lowest BCUT2D eigenvalue weighted by Gasteiger charge is -2.34. The lowest BCUT2D eigenvalue weighted by molar-refractivity contribution is -0.126. The van der Waals surface area contributed by atoms with Gasteiger partial charge in [-0.1, -0.05) is 110 Å². The van der Waals surface area contributed by atoms with Gasteiger partial charge in [-0.25, -0.2) is 4.99 Å². The third kappa shape index (κ3) is 5.93. The Balaban J connectivity index is 1.59. The van der Waals surface area contributed by atoms with E-state index in [1.807, 2.05) is 91.0 Å². The van der Waals surface area contributed by atoms with Crippen LogP contribution in [0.5, 0.6) is 0 Å². The molecule has 1 aliphatic heterocycles. The van der Waals surface area contributed by atoms with Crippen molar-refractivity contribution in [1.82, 2.24) is 10.2 Å². The topological polar surface area (TPSA) is 61.8 Å². The summed E-state index contributed by atoms with van der Waals surface area (Å²) in [6.07, 6.45) is 7.16. The zero-order valence-corrected chi connectivity index (χ0v) is 24.0. The second-order valence-corrected chi connectivity index (χ2v) is 11.2. The molecule has 4 aromatic carbocycles. The number of nitrogens with one attached hydrogen (secondary N) is 1. The maximum atomic E-state index is 14.7. The molecule has 6 rings (SSSR count). The van der Waals surface area contributed by atoms with Gasteiger partial charge in [0.15, 0.2) is 0 Å². The van der Waals surface area contributed by atoms with Crippen LogP contribution in [0.3, 0.4) is 0 Å². The molecule has 1 atom stereocenters. The highest BCUT2D eigenvalue weighted by atomic mass is 35.5. The van der Waals surface area contributed by atoms with Gasteiger partial charge in [-0.05, 0) is 54.8 Å². The van der Waals surface area contributed by atoms with Crippen LogP contribution in [0.1, 0.15) is 65.2 Å². The highest BCUT2D eigenvalue weighted by Crippen LogP contribution is 2.39. The number of carbonyl (C=O) groups excluding carboxylic acids is 2. The number of fused-ring (bicyclic) bond motifs is 1. The van der Waals surface area contributed by atoms with E-state index in [9.17, 15) is 9.59 Å². The molecule has 0 spiro atoms. The molecule has 1 fully saturated rings. The van der Waals surface area contributed by atoms with Crippen molar-refractivity contribution in [3.8, 4) is 0 Å². The van der Waals surface area contributed by atoms with E-state index in [2.05, 4.69) is 5.32 Å². The molecular formula is C36H32ClN3O2. The van der Waals surface area contributed by atoms with E-state index in [1.54, 1.807) is 29.2 Å². The van der Waals surface area contributed by atoms with Crippen molar-refractivity contribution < 1.29 is 9.59 Å². The van der Waals surface area contributed by atoms with Crippen LogP contribution in [0.25, 0.3) is 6.08 Å². The lowest BCUT2D eigenvalue weighted by atomic mass is 9.94. The van der Waals surface area contributed by atoms with E-state index in [-0.39, 0.29) is 17.9 Å². The average molecular weight is 574 g/mol. The quantitative estimate of drug-likeness (QED) is 0.262. The molecule has 42 heavy (non-hydrogen) atoms. The van der Waals surface area contributed by atoms with Gasteiger partial charge in [-0.3, -0.25) is 14.5 Å². The number of benzene rings is 4. The molecule has 5 nitrogen and oxygen atoms in total. The maximum Gasteiger partial charge on any atom is 0.259 e. The summed E-state index contributed by atoms with van der Waals surface area (Å²) in [6, 6.07) is 33.2. The SMILES string of the molecule is O=C(NC1CCCCC1)C1c2ccccc2N=C(c2ccccc2)/C(=C/c2ccccc2)N1C(=O)c1ccc(Cl)cc1. The van der Waals surface area contributed by atoms with Crippen molar-refractivity contribution in [2.45, 2.75) is 44.2 Å². The molecule has 6 heteroatoms. The van der Waals surface area contributed by atoms with Crippen molar-refractivity contribution in [1.29, 1.82) is 0 Å². The second-order valence-electron chi connectivity index (χ2n) is 10.8.